The molecule has 1 unspecified atom stereocenters. The third kappa shape index (κ3) is 4.18. The summed E-state index contributed by atoms with van der Waals surface area (Å²) in [6.45, 7) is 5.91. The lowest BCUT2D eigenvalue weighted by atomic mass is 9.61. The molecule has 0 bridgehead atoms. The van der Waals surface area contributed by atoms with Crippen LogP contribution in [0.25, 0.3) is 11.1 Å². The minimum Gasteiger partial charge on any atom is -0.343 e. The maximum absolute atomic E-state index is 14.4. The first-order valence-electron chi connectivity index (χ1n) is 11.7. The second-order valence-corrected chi connectivity index (χ2v) is 10.5. The van der Waals surface area contributed by atoms with Gasteiger partial charge in [-0.1, -0.05) is 32.0 Å². The molecule has 0 spiro atoms. The normalized spacial score (nSPS) is 21.0. The van der Waals surface area contributed by atoms with Gasteiger partial charge in [-0.25, -0.2) is 9.37 Å². The van der Waals surface area contributed by atoms with Gasteiger partial charge >= 0.3 is 6.18 Å². The number of Topliss-reactive ketones (excluding diaryl/α,β-unsaturated/α-hetero) is 1. The van der Waals surface area contributed by atoms with Crippen LogP contribution in [0.3, 0.4) is 0 Å². The van der Waals surface area contributed by atoms with Crippen LogP contribution in [0, 0.1) is 11.2 Å². The second kappa shape index (κ2) is 8.25. The molecule has 1 atom stereocenters. The Morgan fingerprint density at radius 3 is 2.58 bits per heavy atom. The number of fused-ring (bicyclic) bond motifs is 1. The highest BCUT2D eigenvalue weighted by molar-refractivity contribution is 6.02. The summed E-state index contributed by atoms with van der Waals surface area (Å²) >= 11 is 0. The highest BCUT2D eigenvalue weighted by Crippen LogP contribution is 2.52. The number of anilines is 1. The van der Waals surface area contributed by atoms with Gasteiger partial charge in [0.25, 0.3) is 0 Å². The number of nitrogens with one attached hydrogen (secondary N) is 1. The molecule has 36 heavy (non-hydrogen) atoms. The highest BCUT2D eigenvalue weighted by Gasteiger charge is 2.48. The number of ketones is 1. The van der Waals surface area contributed by atoms with Crippen molar-refractivity contribution in [3.05, 3.63) is 88.8 Å². The van der Waals surface area contributed by atoms with Crippen LogP contribution in [0.1, 0.15) is 50.3 Å². The molecule has 8 heteroatoms. The number of benzene rings is 1. The number of nitrogens with zero attached hydrogens (tertiary/aromatic N) is 2. The zero-order valence-electron chi connectivity index (χ0n) is 20.1. The summed E-state index contributed by atoms with van der Waals surface area (Å²) in [5.41, 5.74) is 2.19. The van der Waals surface area contributed by atoms with Crippen molar-refractivity contribution in [1.82, 2.24) is 9.97 Å². The van der Waals surface area contributed by atoms with E-state index in [2.05, 4.69) is 15.3 Å². The summed E-state index contributed by atoms with van der Waals surface area (Å²) in [4.78, 5) is 21.7. The van der Waals surface area contributed by atoms with Gasteiger partial charge in [-0.2, -0.15) is 13.2 Å². The summed E-state index contributed by atoms with van der Waals surface area (Å²) in [6, 6.07) is 10.0. The standard InChI is InChI=1S/C28H25F4N3O/c1-26(2)12-22-24(23(36)13-26)27(3,21-10-19(29)15-34-25(21)35-22)18-6-4-5-16(9-18)20-7-8-33-14-17(20)11-28(30,31)32/h4-10,14-15H,11-13H2,1-3H3,(H,34,35). The molecule has 0 amide bonds. The summed E-state index contributed by atoms with van der Waals surface area (Å²) < 4.78 is 54.2. The molecule has 1 aliphatic heterocycles. The van der Waals surface area contributed by atoms with Gasteiger partial charge in [-0.3, -0.25) is 9.78 Å². The number of hydrogen-bond acceptors (Lipinski definition) is 4. The first-order chi connectivity index (χ1) is 16.9. The first-order valence-corrected chi connectivity index (χ1v) is 11.7. The summed E-state index contributed by atoms with van der Waals surface area (Å²) in [5.74, 6) is -0.111. The Labute approximate surface area is 206 Å². The number of carbonyl (C=O) groups excluding carboxylic acids is 1. The average Bonchev–Trinajstić information content (AvgIpc) is 2.78. The molecule has 5 rings (SSSR count). The summed E-state index contributed by atoms with van der Waals surface area (Å²) in [5, 5.41) is 3.27. The molecular formula is C28H25F4N3O. The third-order valence-corrected chi connectivity index (χ3v) is 7.08. The Morgan fingerprint density at radius 1 is 1.06 bits per heavy atom. The molecule has 1 N–H and O–H groups in total. The summed E-state index contributed by atoms with van der Waals surface area (Å²) in [6.07, 6.45) is -0.741. The van der Waals surface area contributed by atoms with Crippen LogP contribution in [0.15, 0.2) is 66.3 Å². The van der Waals surface area contributed by atoms with Gasteiger partial charge in [-0.05, 0) is 59.2 Å². The third-order valence-electron chi connectivity index (χ3n) is 7.08. The largest absolute Gasteiger partial charge is 0.393 e. The van der Waals surface area contributed by atoms with Crippen molar-refractivity contribution in [2.45, 2.75) is 51.6 Å². The Kier molecular flexibility index (Phi) is 5.54. The topological polar surface area (TPSA) is 54.9 Å². The molecule has 0 saturated carbocycles. The molecule has 0 saturated heterocycles. The number of halogens is 4. The molecular weight excluding hydrogens is 470 g/mol. The van der Waals surface area contributed by atoms with Crippen LogP contribution in [0.2, 0.25) is 0 Å². The number of alkyl halides is 3. The molecule has 3 aromatic rings. The molecule has 1 aromatic carbocycles. The Hall–Kier alpha value is -3.55. The fourth-order valence-corrected chi connectivity index (χ4v) is 5.57. The Morgan fingerprint density at radius 2 is 1.83 bits per heavy atom. The van der Waals surface area contributed by atoms with E-state index in [9.17, 15) is 22.4 Å². The minimum absolute atomic E-state index is 0.0433. The van der Waals surface area contributed by atoms with E-state index in [1.54, 1.807) is 24.3 Å². The van der Waals surface area contributed by atoms with Gasteiger partial charge in [0.1, 0.15) is 11.6 Å². The molecule has 0 radical (unpaired) electrons. The lowest BCUT2D eigenvalue weighted by molar-refractivity contribution is -0.127. The number of pyridine rings is 2. The van der Waals surface area contributed by atoms with Gasteiger partial charge in [0, 0.05) is 35.6 Å². The van der Waals surface area contributed by atoms with E-state index in [1.165, 1.54) is 18.5 Å². The van der Waals surface area contributed by atoms with Crippen LogP contribution in [-0.4, -0.2) is 21.9 Å². The van der Waals surface area contributed by atoms with E-state index in [4.69, 9.17) is 0 Å². The zero-order valence-corrected chi connectivity index (χ0v) is 20.1. The predicted molar refractivity (Wildman–Crippen MR) is 129 cm³/mol. The van der Waals surface area contributed by atoms with Crippen molar-refractivity contribution in [3.8, 4) is 11.1 Å². The first kappa shape index (κ1) is 24.2. The van der Waals surface area contributed by atoms with E-state index in [-0.39, 0.29) is 16.8 Å². The van der Waals surface area contributed by atoms with Crippen LogP contribution in [0.5, 0.6) is 0 Å². The van der Waals surface area contributed by atoms with Crippen molar-refractivity contribution >= 4 is 11.6 Å². The van der Waals surface area contributed by atoms with Crippen molar-refractivity contribution in [1.29, 1.82) is 0 Å². The van der Waals surface area contributed by atoms with Crippen LogP contribution < -0.4 is 5.32 Å². The number of aromatic nitrogens is 2. The molecule has 2 aromatic heterocycles. The number of hydrogen-bond donors (Lipinski definition) is 1. The highest BCUT2D eigenvalue weighted by atomic mass is 19.4. The number of allylic oxidation sites excluding steroid dienone is 2. The zero-order chi connectivity index (χ0) is 25.9. The maximum Gasteiger partial charge on any atom is 0.393 e. The molecule has 1 aliphatic carbocycles. The van der Waals surface area contributed by atoms with Crippen LogP contribution >= 0.6 is 0 Å². The van der Waals surface area contributed by atoms with Gasteiger partial charge in [-0.15, -0.1) is 0 Å². The van der Waals surface area contributed by atoms with E-state index in [0.29, 0.717) is 46.5 Å². The lowest BCUT2D eigenvalue weighted by Gasteiger charge is -2.44. The number of carbonyl (C=O) groups is 1. The molecule has 186 valence electrons. The molecule has 0 fully saturated rings. The van der Waals surface area contributed by atoms with E-state index in [1.807, 2.05) is 26.8 Å². The maximum atomic E-state index is 14.4. The van der Waals surface area contributed by atoms with Gasteiger partial charge in [0.05, 0.1) is 18.0 Å². The Balaban J connectivity index is 1.72. The monoisotopic (exact) mass is 495 g/mol. The minimum atomic E-state index is -4.39. The quantitative estimate of drug-likeness (QED) is 0.408. The van der Waals surface area contributed by atoms with Crippen molar-refractivity contribution in [2.75, 3.05) is 5.32 Å². The fourth-order valence-electron chi connectivity index (χ4n) is 5.57. The van der Waals surface area contributed by atoms with E-state index < -0.39 is 23.8 Å². The van der Waals surface area contributed by atoms with Crippen LogP contribution in [0.4, 0.5) is 23.4 Å². The SMILES string of the molecule is CC1(C)CC(=O)C2=C(C1)Nc1ncc(F)cc1C2(C)c1cccc(-c2ccncc2CC(F)(F)F)c1. The van der Waals surface area contributed by atoms with E-state index in [0.717, 1.165) is 11.9 Å². The van der Waals surface area contributed by atoms with E-state index >= 15 is 0 Å². The van der Waals surface area contributed by atoms with Crippen molar-refractivity contribution in [3.63, 3.8) is 0 Å². The van der Waals surface area contributed by atoms with Gasteiger partial charge < -0.3 is 5.32 Å². The van der Waals surface area contributed by atoms with Crippen LogP contribution in [-0.2, 0) is 16.6 Å². The van der Waals surface area contributed by atoms with Gasteiger partial charge in [0.2, 0.25) is 0 Å². The second-order valence-electron chi connectivity index (χ2n) is 10.5. The Bertz CT molecular complexity index is 1410. The predicted octanol–water partition coefficient (Wildman–Crippen LogP) is 6.76. The fraction of sp³-hybridized carbons (Fsp3) is 0.321. The molecule has 4 nitrogen and oxygen atoms in total. The number of rotatable bonds is 3. The van der Waals surface area contributed by atoms with Crippen molar-refractivity contribution in [2.24, 2.45) is 5.41 Å². The van der Waals surface area contributed by atoms with Gasteiger partial charge in [0.15, 0.2) is 5.78 Å². The summed E-state index contributed by atoms with van der Waals surface area (Å²) in [7, 11) is 0. The van der Waals surface area contributed by atoms with Crippen molar-refractivity contribution < 1.29 is 22.4 Å². The average molecular weight is 496 g/mol. The lowest BCUT2D eigenvalue weighted by Crippen LogP contribution is -2.42. The smallest absolute Gasteiger partial charge is 0.343 e. The molecule has 2 aliphatic rings. The molecule has 3 heterocycles.